The second kappa shape index (κ2) is 9.34. The molecule has 1 atom stereocenters. The van der Waals surface area contributed by atoms with E-state index in [9.17, 15) is 13.6 Å². The largest absolute Gasteiger partial charge is 0.334 e. The number of hydrogen-bond acceptors (Lipinski definition) is 5. The normalized spacial score (nSPS) is 15.9. The average Bonchev–Trinajstić information content (AvgIpc) is 3.34. The summed E-state index contributed by atoms with van der Waals surface area (Å²) in [4.78, 5) is 20.2. The lowest BCUT2D eigenvalue weighted by molar-refractivity contribution is 0.244. The maximum atomic E-state index is 14.0. The molecule has 0 spiro atoms. The number of thioether (sulfide) groups is 1. The molecule has 9 heteroatoms. The van der Waals surface area contributed by atoms with E-state index < -0.39 is 17.9 Å². The Morgan fingerprint density at radius 2 is 1.74 bits per heavy atom. The molecule has 35 heavy (non-hydrogen) atoms. The van der Waals surface area contributed by atoms with Crippen molar-refractivity contribution in [2.75, 3.05) is 11.2 Å². The predicted octanol–water partition coefficient (Wildman–Crippen LogP) is 6.44. The summed E-state index contributed by atoms with van der Waals surface area (Å²) in [7, 11) is 0. The lowest BCUT2D eigenvalue weighted by Crippen LogP contribution is -2.46. The number of anilines is 1. The highest BCUT2D eigenvalue weighted by Crippen LogP contribution is 2.39. The molecular weight excluding hydrogens is 470 g/mol. The van der Waals surface area contributed by atoms with Crippen molar-refractivity contribution in [3.8, 4) is 11.4 Å². The van der Waals surface area contributed by atoms with Crippen LogP contribution in [0.5, 0.6) is 0 Å². The van der Waals surface area contributed by atoms with Gasteiger partial charge in [-0.2, -0.15) is 4.98 Å². The van der Waals surface area contributed by atoms with E-state index in [4.69, 9.17) is 4.52 Å². The van der Waals surface area contributed by atoms with Gasteiger partial charge < -0.3 is 9.84 Å². The number of allylic oxidation sites excluding steroid dienone is 1. The van der Waals surface area contributed by atoms with Gasteiger partial charge >= 0.3 is 6.03 Å². The number of rotatable bonds is 5. The Bertz CT molecular complexity index is 1420. The second-order valence-corrected chi connectivity index (χ2v) is 8.78. The quantitative estimate of drug-likeness (QED) is 0.326. The molecule has 6 nitrogen and oxygen atoms in total. The lowest BCUT2D eigenvalue weighted by atomic mass is 9.94. The molecule has 1 aliphatic heterocycles. The Labute approximate surface area is 204 Å². The highest BCUT2D eigenvalue weighted by molar-refractivity contribution is 7.98. The fraction of sp³-hybridized carbons (Fsp3) is 0.115. The van der Waals surface area contributed by atoms with Gasteiger partial charge in [0, 0.05) is 16.2 Å². The first-order chi connectivity index (χ1) is 16.9. The zero-order valence-corrected chi connectivity index (χ0v) is 19.6. The molecule has 1 aromatic heterocycles. The van der Waals surface area contributed by atoms with E-state index in [0.717, 1.165) is 10.5 Å². The molecule has 0 saturated carbocycles. The van der Waals surface area contributed by atoms with Crippen molar-refractivity contribution in [2.45, 2.75) is 17.9 Å². The summed E-state index contributed by atoms with van der Waals surface area (Å²) in [6.07, 6.45) is 1.99. The summed E-state index contributed by atoms with van der Waals surface area (Å²) < 4.78 is 33.0. The van der Waals surface area contributed by atoms with Gasteiger partial charge in [-0.25, -0.2) is 13.6 Å². The first kappa shape index (κ1) is 22.8. The topological polar surface area (TPSA) is 71.3 Å². The van der Waals surface area contributed by atoms with Crippen LogP contribution >= 0.6 is 11.8 Å². The van der Waals surface area contributed by atoms with Crippen LogP contribution in [0.15, 0.2) is 87.9 Å². The summed E-state index contributed by atoms with van der Waals surface area (Å²) in [5.41, 5.74) is 2.87. The zero-order chi connectivity index (χ0) is 24.5. The third-order valence-corrected chi connectivity index (χ3v) is 6.50. The summed E-state index contributed by atoms with van der Waals surface area (Å²) in [6.45, 7) is 1.75. The molecule has 2 heterocycles. The Balaban J connectivity index is 1.64. The van der Waals surface area contributed by atoms with Crippen LogP contribution in [0.1, 0.15) is 24.4 Å². The minimum Gasteiger partial charge on any atom is -0.334 e. The number of carbonyl (C=O) groups is 1. The van der Waals surface area contributed by atoms with Gasteiger partial charge in [0.05, 0.1) is 17.3 Å². The Hall–Kier alpha value is -3.98. The van der Waals surface area contributed by atoms with E-state index in [1.165, 1.54) is 35.2 Å². The van der Waals surface area contributed by atoms with Crippen LogP contribution in [0.4, 0.5) is 19.3 Å². The van der Waals surface area contributed by atoms with Crippen molar-refractivity contribution in [1.82, 2.24) is 15.5 Å². The maximum Gasteiger partial charge on any atom is 0.327 e. The van der Waals surface area contributed by atoms with Gasteiger partial charge in [-0.1, -0.05) is 23.4 Å². The summed E-state index contributed by atoms with van der Waals surface area (Å²) in [5.74, 6) is -0.352. The van der Waals surface area contributed by atoms with Crippen LogP contribution in [-0.2, 0) is 0 Å². The predicted molar refractivity (Wildman–Crippen MR) is 131 cm³/mol. The number of nitrogens with one attached hydrogen (secondary N) is 1. The molecule has 4 aromatic rings. The fourth-order valence-corrected chi connectivity index (χ4v) is 4.45. The van der Waals surface area contributed by atoms with E-state index in [-0.39, 0.29) is 17.5 Å². The van der Waals surface area contributed by atoms with Gasteiger partial charge in [-0.05, 0) is 73.3 Å². The van der Waals surface area contributed by atoms with Crippen molar-refractivity contribution >= 4 is 29.1 Å². The van der Waals surface area contributed by atoms with Crippen LogP contribution < -0.4 is 10.2 Å². The molecule has 0 fully saturated rings. The Morgan fingerprint density at radius 1 is 1.00 bits per heavy atom. The number of nitrogens with zero attached hydrogens (tertiary/aromatic N) is 3. The number of carbonyl (C=O) groups excluding carboxylic acids is 1. The smallest absolute Gasteiger partial charge is 0.327 e. The van der Waals surface area contributed by atoms with Gasteiger partial charge in [0.15, 0.2) is 0 Å². The van der Waals surface area contributed by atoms with Crippen LogP contribution in [0, 0.1) is 11.6 Å². The van der Waals surface area contributed by atoms with Crippen LogP contribution in [-0.4, -0.2) is 22.4 Å². The van der Waals surface area contributed by atoms with Crippen LogP contribution in [0.25, 0.3) is 17.0 Å². The van der Waals surface area contributed by atoms with Gasteiger partial charge in [0.2, 0.25) is 5.82 Å². The Kier molecular flexibility index (Phi) is 6.08. The SMILES string of the molecule is CSc1ccc(C2NC(=O)N(c3cccc(F)c3)C(C)=C2c2nc(-c3ccc(F)cc3)no2)cc1. The standard InChI is InChI=1S/C26H20F2N4O2S/c1-15-22(25-30-24(31-34-25)17-6-10-18(27)11-7-17)23(16-8-12-21(35-2)13-9-16)29-26(33)32(15)20-5-3-4-19(28)14-20/h3-14,23H,1-2H3,(H,29,33). The van der Waals surface area contributed by atoms with Crippen molar-refractivity contribution in [2.24, 2.45) is 0 Å². The molecule has 0 radical (unpaired) electrons. The van der Waals surface area contributed by atoms with E-state index in [0.29, 0.717) is 22.5 Å². The molecule has 176 valence electrons. The number of amides is 2. The lowest BCUT2D eigenvalue weighted by Gasteiger charge is -2.35. The monoisotopic (exact) mass is 490 g/mol. The van der Waals surface area contributed by atoms with E-state index in [1.54, 1.807) is 36.9 Å². The highest BCUT2D eigenvalue weighted by Gasteiger charge is 2.36. The summed E-state index contributed by atoms with van der Waals surface area (Å²) >= 11 is 1.61. The molecule has 1 aliphatic rings. The summed E-state index contributed by atoms with van der Waals surface area (Å²) in [5, 5.41) is 7.07. The van der Waals surface area contributed by atoms with Gasteiger partial charge in [0.25, 0.3) is 5.89 Å². The van der Waals surface area contributed by atoms with Gasteiger partial charge in [0.1, 0.15) is 11.6 Å². The number of aromatic nitrogens is 2. The van der Waals surface area contributed by atoms with E-state index >= 15 is 0 Å². The molecule has 3 aromatic carbocycles. The minimum absolute atomic E-state index is 0.196. The molecule has 0 aliphatic carbocycles. The third kappa shape index (κ3) is 4.42. The van der Waals surface area contributed by atoms with Crippen LogP contribution in [0.2, 0.25) is 0 Å². The molecule has 1 N–H and O–H groups in total. The second-order valence-electron chi connectivity index (χ2n) is 7.90. The molecule has 5 rings (SSSR count). The molecule has 2 amide bonds. The number of urea groups is 1. The van der Waals surface area contributed by atoms with Gasteiger partial charge in [-0.15, -0.1) is 11.8 Å². The highest BCUT2D eigenvalue weighted by atomic mass is 32.2. The maximum absolute atomic E-state index is 14.0. The number of benzene rings is 3. The zero-order valence-electron chi connectivity index (χ0n) is 18.8. The van der Waals surface area contributed by atoms with E-state index in [1.807, 2.05) is 30.5 Å². The van der Waals surface area contributed by atoms with Crippen LogP contribution in [0.3, 0.4) is 0 Å². The number of hydrogen-bond donors (Lipinski definition) is 1. The first-order valence-electron chi connectivity index (χ1n) is 10.8. The molecule has 0 bridgehead atoms. The van der Waals surface area contributed by atoms with Crippen molar-refractivity contribution in [1.29, 1.82) is 0 Å². The Morgan fingerprint density at radius 3 is 2.43 bits per heavy atom. The molecule has 0 saturated heterocycles. The minimum atomic E-state index is -0.579. The van der Waals surface area contributed by atoms with Crippen molar-refractivity contribution in [3.63, 3.8) is 0 Å². The molecular formula is C26H20F2N4O2S. The van der Waals surface area contributed by atoms with Gasteiger partial charge in [-0.3, -0.25) is 4.90 Å². The fourth-order valence-electron chi connectivity index (χ4n) is 4.04. The van der Waals surface area contributed by atoms with Crippen molar-refractivity contribution < 1.29 is 18.1 Å². The summed E-state index contributed by atoms with van der Waals surface area (Å²) in [6, 6.07) is 18.4. The average molecular weight is 491 g/mol. The first-order valence-corrected chi connectivity index (χ1v) is 12.0. The van der Waals surface area contributed by atoms with Crippen molar-refractivity contribution in [3.05, 3.63) is 102 Å². The number of halogens is 2. The van der Waals surface area contributed by atoms with E-state index in [2.05, 4.69) is 15.5 Å². The molecule has 1 unspecified atom stereocenters. The third-order valence-electron chi connectivity index (χ3n) is 5.76.